The van der Waals surface area contributed by atoms with Crippen molar-refractivity contribution in [2.24, 2.45) is 0 Å². The predicted molar refractivity (Wildman–Crippen MR) is 98.3 cm³/mol. The lowest BCUT2D eigenvalue weighted by Crippen LogP contribution is -2.41. The second-order valence-electron chi connectivity index (χ2n) is 6.32. The van der Waals surface area contributed by atoms with Crippen LogP contribution < -0.4 is 11.2 Å². The first kappa shape index (κ1) is 20.5. The fourth-order valence-corrected chi connectivity index (χ4v) is 3.11. The molecule has 1 aliphatic rings. The van der Waals surface area contributed by atoms with Crippen LogP contribution in [-0.2, 0) is 23.7 Å². The summed E-state index contributed by atoms with van der Waals surface area (Å²) in [6.45, 7) is 1.01. The van der Waals surface area contributed by atoms with E-state index in [4.69, 9.17) is 18.9 Å². The van der Waals surface area contributed by atoms with Gasteiger partial charge in [-0.15, -0.1) is 0 Å². The molecule has 1 saturated heterocycles. The number of aromatic nitrogens is 2. The van der Waals surface area contributed by atoms with Gasteiger partial charge in [0, 0.05) is 26.3 Å². The van der Waals surface area contributed by atoms with Crippen LogP contribution in [0, 0.1) is 0 Å². The van der Waals surface area contributed by atoms with Crippen molar-refractivity contribution in [1.82, 2.24) is 9.55 Å². The summed E-state index contributed by atoms with van der Waals surface area (Å²) in [6, 6.07) is 9.53. The third-order valence-electron chi connectivity index (χ3n) is 4.37. The number of carbonyl (C=O) groups is 2. The number of nitrogens with zero attached hydrogens (tertiary/aromatic N) is 1. The first-order chi connectivity index (χ1) is 13.9. The number of benzene rings is 1. The monoisotopic (exact) mass is 404 g/mol. The minimum atomic E-state index is -1.08. The van der Waals surface area contributed by atoms with Crippen LogP contribution in [0.5, 0.6) is 0 Å². The molecule has 29 heavy (non-hydrogen) atoms. The van der Waals surface area contributed by atoms with E-state index in [0.717, 1.165) is 10.6 Å². The van der Waals surface area contributed by atoms with Crippen LogP contribution in [0.1, 0.15) is 23.5 Å². The maximum absolute atomic E-state index is 12.2. The molecule has 0 saturated carbocycles. The molecular formula is C19H20N2O8. The average Bonchev–Trinajstić information content (AvgIpc) is 3.03. The normalized spacial score (nSPS) is 23.5. The van der Waals surface area contributed by atoms with Crippen molar-refractivity contribution in [3.63, 3.8) is 0 Å². The number of H-pyrrole nitrogens is 1. The number of ether oxygens (including phenoxy) is 4. The molecule has 0 unspecified atom stereocenters. The standard InChI is InChI=1S/C19H20N2O8/c1-11(22)28-16-15(26-2)13(10-27-18(24)12-6-4-3-5-7-12)29-17(16)21-9-8-14(23)20-19(21)25/h3-9,13,15-17H,10H2,1-2H3,(H,20,23,25)/t13-,15-,16-,17-/m1/s1. The second kappa shape index (κ2) is 8.84. The molecule has 1 aromatic carbocycles. The Bertz CT molecular complexity index is 983. The number of methoxy groups -OCH3 is 1. The topological polar surface area (TPSA) is 126 Å². The second-order valence-corrected chi connectivity index (χ2v) is 6.32. The molecule has 1 aromatic heterocycles. The van der Waals surface area contributed by atoms with Crippen molar-refractivity contribution in [2.75, 3.05) is 13.7 Å². The van der Waals surface area contributed by atoms with E-state index in [1.807, 2.05) is 0 Å². The van der Waals surface area contributed by atoms with Gasteiger partial charge in [-0.2, -0.15) is 0 Å². The number of esters is 2. The van der Waals surface area contributed by atoms with Crippen LogP contribution >= 0.6 is 0 Å². The van der Waals surface area contributed by atoms with Gasteiger partial charge >= 0.3 is 17.6 Å². The molecule has 154 valence electrons. The molecule has 10 heteroatoms. The van der Waals surface area contributed by atoms with Crippen LogP contribution in [-0.4, -0.2) is 53.5 Å². The van der Waals surface area contributed by atoms with Crippen molar-refractivity contribution in [1.29, 1.82) is 0 Å². The molecule has 2 aromatic rings. The highest BCUT2D eigenvalue weighted by Crippen LogP contribution is 2.33. The molecule has 1 fully saturated rings. The van der Waals surface area contributed by atoms with E-state index in [2.05, 4.69) is 4.98 Å². The number of hydrogen-bond acceptors (Lipinski definition) is 8. The Morgan fingerprint density at radius 3 is 2.48 bits per heavy atom. The highest BCUT2D eigenvalue weighted by atomic mass is 16.6. The molecule has 0 amide bonds. The number of hydrogen-bond donors (Lipinski definition) is 1. The van der Waals surface area contributed by atoms with E-state index >= 15 is 0 Å². The lowest BCUT2D eigenvalue weighted by atomic mass is 10.1. The summed E-state index contributed by atoms with van der Waals surface area (Å²) in [6.07, 6.45) is -2.48. The summed E-state index contributed by atoms with van der Waals surface area (Å²) in [7, 11) is 1.38. The smallest absolute Gasteiger partial charge is 0.338 e. The van der Waals surface area contributed by atoms with Gasteiger partial charge in [0.15, 0.2) is 12.3 Å². The fraction of sp³-hybridized carbons (Fsp3) is 0.368. The Labute approximate surface area is 165 Å². The maximum Gasteiger partial charge on any atom is 0.338 e. The molecule has 10 nitrogen and oxygen atoms in total. The van der Waals surface area contributed by atoms with Gasteiger partial charge in [0.25, 0.3) is 5.56 Å². The molecule has 4 atom stereocenters. The lowest BCUT2D eigenvalue weighted by Gasteiger charge is -2.23. The molecule has 0 radical (unpaired) electrons. The zero-order chi connectivity index (χ0) is 21.0. The zero-order valence-electron chi connectivity index (χ0n) is 15.8. The van der Waals surface area contributed by atoms with Crippen LogP contribution in [0.15, 0.2) is 52.2 Å². The van der Waals surface area contributed by atoms with Gasteiger partial charge in [0.1, 0.15) is 18.8 Å². The first-order valence-corrected chi connectivity index (χ1v) is 8.80. The Hall–Kier alpha value is -3.24. The highest BCUT2D eigenvalue weighted by Gasteiger charge is 2.49. The number of carbonyl (C=O) groups excluding carboxylic acids is 2. The van der Waals surface area contributed by atoms with E-state index in [-0.39, 0.29) is 6.61 Å². The third kappa shape index (κ3) is 4.61. The minimum absolute atomic E-state index is 0.196. The third-order valence-corrected chi connectivity index (χ3v) is 4.37. The van der Waals surface area contributed by atoms with E-state index < -0.39 is 47.7 Å². The minimum Gasteiger partial charge on any atom is -0.459 e. The first-order valence-electron chi connectivity index (χ1n) is 8.80. The van der Waals surface area contributed by atoms with Crippen molar-refractivity contribution in [3.05, 3.63) is 69.0 Å². The summed E-state index contributed by atoms with van der Waals surface area (Å²) in [5.74, 6) is -1.16. The molecule has 0 aliphatic carbocycles. The van der Waals surface area contributed by atoms with Gasteiger partial charge in [-0.05, 0) is 12.1 Å². The Balaban J connectivity index is 1.82. The van der Waals surface area contributed by atoms with Crippen LogP contribution in [0.3, 0.4) is 0 Å². The van der Waals surface area contributed by atoms with E-state index in [9.17, 15) is 19.2 Å². The Morgan fingerprint density at radius 1 is 1.14 bits per heavy atom. The van der Waals surface area contributed by atoms with Crippen LogP contribution in [0.2, 0.25) is 0 Å². The highest BCUT2D eigenvalue weighted by molar-refractivity contribution is 5.89. The summed E-state index contributed by atoms with van der Waals surface area (Å²) in [5, 5.41) is 0. The molecular weight excluding hydrogens is 384 g/mol. The maximum atomic E-state index is 12.2. The number of rotatable bonds is 6. The molecule has 0 bridgehead atoms. The van der Waals surface area contributed by atoms with Gasteiger partial charge in [-0.25, -0.2) is 9.59 Å². The van der Waals surface area contributed by atoms with Crippen molar-refractivity contribution < 1.29 is 28.5 Å². The van der Waals surface area contributed by atoms with Gasteiger partial charge in [-0.3, -0.25) is 19.1 Å². The fourth-order valence-electron chi connectivity index (χ4n) is 3.11. The summed E-state index contributed by atoms with van der Waals surface area (Å²) in [5.41, 5.74) is -0.953. The molecule has 3 rings (SSSR count). The van der Waals surface area contributed by atoms with E-state index in [1.165, 1.54) is 20.2 Å². The van der Waals surface area contributed by atoms with Gasteiger partial charge < -0.3 is 18.9 Å². The van der Waals surface area contributed by atoms with Gasteiger partial charge in [0.2, 0.25) is 0 Å². The van der Waals surface area contributed by atoms with Gasteiger partial charge in [0.05, 0.1) is 5.56 Å². The largest absolute Gasteiger partial charge is 0.459 e. The SMILES string of the molecule is CO[C@H]1[C@@H](OC(C)=O)[C@H](n2ccc(=O)[nH]c2=O)O[C@@H]1COC(=O)c1ccccc1. The van der Waals surface area contributed by atoms with Crippen LogP contribution in [0.4, 0.5) is 0 Å². The number of aromatic amines is 1. The predicted octanol–water partition coefficient (Wildman–Crippen LogP) is 0.238. The summed E-state index contributed by atoms with van der Waals surface area (Å²) >= 11 is 0. The van der Waals surface area contributed by atoms with E-state index in [1.54, 1.807) is 30.3 Å². The van der Waals surface area contributed by atoms with Crippen LogP contribution in [0.25, 0.3) is 0 Å². The van der Waals surface area contributed by atoms with Crippen molar-refractivity contribution >= 4 is 11.9 Å². The molecule has 1 N–H and O–H groups in total. The Morgan fingerprint density at radius 2 is 1.86 bits per heavy atom. The number of nitrogens with one attached hydrogen (secondary N) is 1. The molecule has 1 aliphatic heterocycles. The summed E-state index contributed by atoms with van der Waals surface area (Å²) < 4.78 is 22.9. The van der Waals surface area contributed by atoms with E-state index in [0.29, 0.717) is 5.56 Å². The summed E-state index contributed by atoms with van der Waals surface area (Å²) in [4.78, 5) is 49.4. The van der Waals surface area contributed by atoms with Crippen molar-refractivity contribution in [3.8, 4) is 0 Å². The van der Waals surface area contributed by atoms with Crippen molar-refractivity contribution in [2.45, 2.75) is 31.5 Å². The molecule has 2 heterocycles. The molecule has 0 spiro atoms. The average molecular weight is 404 g/mol. The van der Waals surface area contributed by atoms with Gasteiger partial charge in [-0.1, -0.05) is 18.2 Å². The Kier molecular flexibility index (Phi) is 6.25. The quantitative estimate of drug-likeness (QED) is 0.679. The zero-order valence-corrected chi connectivity index (χ0v) is 15.8. The lowest BCUT2D eigenvalue weighted by molar-refractivity contribution is -0.156.